The summed E-state index contributed by atoms with van der Waals surface area (Å²) in [5.74, 6) is -0.109. The van der Waals surface area contributed by atoms with E-state index in [1.54, 1.807) is 6.92 Å². The summed E-state index contributed by atoms with van der Waals surface area (Å²) < 4.78 is 4.66. The normalized spacial score (nSPS) is 11.8. The van der Waals surface area contributed by atoms with Crippen LogP contribution in [0.4, 0.5) is 5.69 Å². The number of esters is 1. The van der Waals surface area contributed by atoms with Crippen molar-refractivity contribution in [2.24, 2.45) is 10.9 Å². The molecular formula is C14H19NO2. The van der Waals surface area contributed by atoms with Gasteiger partial charge in [0.2, 0.25) is 0 Å². The quantitative estimate of drug-likeness (QED) is 0.736. The number of para-hydroxylation sites is 1. The third-order valence-electron chi connectivity index (χ3n) is 2.29. The number of carbonyl (C=O) groups is 1. The van der Waals surface area contributed by atoms with Crippen molar-refractivity contribution in [3.63, 3.8) is 0 Å². The summed E-state index contributed by atoms with van der Waals surface area (Å²) in [5, 5.41) is 0. The number of rotatable bonds is 2. The molecule has 3 heteroatoms. The molecule has 1 aliphatic rings. The standard InChI is InChI=1S/C8H7N.C6H12O2/c1-2-4-8-7(3-1)5-6-9-8;1-4-8-6(7)5(2)3/h1-4,6H,5H2;5H,4H2,1-3H3. The first-order valence-electron chi connectivity index (χ1n) is 5.92. The molecule has 0 spiro atoms. The molecule has 0 unspecified atom stereocenters. The fraction of sp³-hybridized carbons (Fsp3) is 0.429. The van der Waals surface area contributed by atoms with Crippen molar-refractivity contribution in [1.29, 1.82) is 0 Å². The van der Waals surface area contributed by atoms with Gasteiger partial charge in [0.25, 0.3) is 0 Å². The van der Waals surface area contributed by atoms with Gasteiger partial charge in [0.15, 0.2) is 0 Å². The molecular weight excluding hydrogens is 214 g/mol. The molecule has 92 valence electrons. The van der Waals surface area contributed by atoms with E-state index in [1.165, 1.54) is 5.56 Å². The highest BCUT2D eigenvalue weighted by Gasteiger charge is 2.05. The van der Waals surface area contributed by atoms with Crippen molar-refractivity contribution in [2.75, 3.05) is 6.61 Å². The van der Waals surface area contributed by atoms with E-state index in [-0.39, 0.29) is 11.9 Å². The van der Waals surface area contributed by atoms with Gasteiger partial charge in [-0.1, -0.05) is 32.0 Å². The van der Waals surface area contributed by atoms with E-state index >= 15 is 0 Å². The van der Waals surface area contributed by atoms with Crippen molar-refractivity contribution < 1.29 is 9.53 Å². The molecule has 0 bridgehead atoms. The molecule has 1 aromatic carbocycles. The molecule has 0 saturated carbocycles. The van der Waals surface area contributed by atoms with Gasteiger partial charge < -0.3 is 4.74 Å². The predicted octanol–water partition coefficient (Wildman–Crippen LogP) is 3.15. The van der Waals surface area contributed by atoms with Gasteiger partial charge in [-0.2, -0.15) is 0 Å². The highest BCUT2D eigenvalue weighted by atomic mass is 16.5. The van der Waals surface area contributed by atoms with E-state index in [0.717, 1.165) is 12.1 Å². The number of carbonyl (C=O) groups excluding carboxylic acids is 1. The van der Waals surface area contributed by atoms with Crippen LogP contribution in [-0.4, -0.2) is 18.8 Å². The first-order valence-corrected chi connectivity index (χ1v) is 5.92. The number of aliphatic imine (C=N–C) groups is 1. The number of benzene rings is 1. The Kier molecular flexibility index (Phi) is 5.40. The summed E-state index contributed by atoms with van der Waals surface area (Å²) in [6.45, 7) is 5.92. The third-order valence-corrected chi connectivity index (χ3v) is 2.29. The summed E-state index contributed by atoms with van der Waals surface area (Å²) >= 11 is 0. The number of hydrogen-bond donors (Lipinski definition) is 0. The third kappa shape index (κ3) is 4.39. The van der Waals surface area contributed by atoms with E-state index in [9.17, 15) is 4.79 Å². The van der Waals surface area contributed by atoms with Crippen LogP contribution in [0.2, 0.25) is 0 Å². The van der Waals surface area contributed by atoms with Crippen molar-refractivity contribution in [3.05, 3.63) is 29.8 Å². The summed E-state index contributed by atoms with van der Waals surface area (Å²) in [5.41, 5.74) is 2.48. The van der Waals surface area contributed by atoms with Gasteiger partial charge in [-0.25, -0.2) is 0 Å². The average Bonchev–Trinajstić information content (AvgIpc) is 2.78. The topological polar surface area (TPSA) is 38.7 Å². The summed E-state index contributed by atoms with van der Waals surface area (Å²) in [6, 6.07) is 8.22. The smallest absolute Gasteiger partial charge is 0.308 e. The first-order chi connectivity index (χ1) is 8.15. The maximum absolute atomic E-state index is 10.5. The number of nitrogens with zero attached hydrogens (tertiary/aromatic N) is 1. The van der Waals surface area contributed by atoms with E-state index in [4.69, 9.17) is 0 Å². The fourth-order valence-corrected chi connectivity index (χ4v) is 1.36. The molecule has 3 nitrogen and oxygen atoms in total. The SMILES string of the molecule is C1=Nc2ccccc2C1.CCOC(=O)C(C)C. The largest absolute Gasteiger partial charge is 0.466 e. The summed E-state index contributed by atoms with van der Waals surface area (Å²) in [7, 11) is 0. The van der Waals surface area contributed by atoms with E-state index in [0.29, 0.717) is 6.61 Å². The Morgan fingerprint density at radius 3 is 2.65 bits per heavy atom. The van der Waals surface area contributed by atoms with Gasteiger partial charge in [-0.15, -0.1) is 0 Å². The van der Waals surface area contributed by atoms with Crippen LogP contribution in [0, 0.1) is 5.92 Å². The second-order valence-electron chi connectivity index (χ2n) is 4.05. The lowest BCUT2D eigenvalue weighted by molar-refractivity contribution is -0.146. The van der Waals surface area contributed by atoms with Gasteiger partial charge in [0.1, 0.15) is 0 Å². The molecule has 1 heterocycles. The maximum atomic E-state index is 10.5. The fourth-order valence-electron chi connectivity index (χ4n) is 1.36. The summed E-state index contributed by atoms with van der Waals surface area (Å²) in [6.07, 6.45) is 2.96. The molecule has 0 atom stereocenters. The number of fused-ring (bicyclic) bond motifs is 1. The number of hydrogen-bond acceptors (Lipinski definition) is 3. The van der Waals surface area contributed by atoms with Gasteiger partial charge in [-0.05, 0) is 18.6 Å². The van der Waals surface area contributed by atoms with Crippen molar-refractivity contribution >= 4 is 17.9 Å². The zero-order valence-corrected chi connectivity index (χ0v) is 10.6. The molecule has 0 N–H and O–H groups in total. The lowest BCUT2D eigenvalue weighted by Crippen LogP contribution is -2.10. The molecule has 0 saturated heterocycles. The molecule has 2 rings (SSSR count). The van der Waals surface area contributed by atoms with E-state index in [2.05, 4.69) is 15.8 Å². The molecule has 1 aromatic rings. The van der Waals surface area contributed by atoms with Crippen LogP contribution in [-0.2, 0) is 16.0 Å². The Balaban J connectivity index is 0.000000172. The molecule has 17 heavy (non-hydrogen) atoms. The molecule has 0 fully saturated rings. The van der Waals surface area contributed by atoms with Gasteiger partial charge in [0, 0.05) is 12.6 Å². The second kappa shape index (κ2) is 6.84. The predicted molar refractivity (Wildman–Crippen MR) is 69.8 cm³/mol. The Bertz CT molecular complexity index is 397. The van der Waals surface area contributed by atoms with Crippen molar-refractivity contribution in [1.82, 2.24) is 0 Å². The maximum Gasteiger partial charge on any atom is 0.308 e. The minimum absolute atomic E-state index is 0.00921. The molecule has 1 aliphatic heterocycles. The van der Waals surface area contributed by atoms with Crippen LogP contribution >= 0.6 is 0 Å². The number of ether oxygens (including phenoxy) is 1. The average molecular weight is 233 g/mol. The summed E-state index contributed by atoms with van der Waals surface area (Å²) in [4.78, 5) is 14.7. The monoisotopic (exact) mass is 233 g/mol. The Morgan fingerprint density at radius 2 is 2.12 bits per heavy atom. The minimum atomic E-state index is -0.118. The lowest BCUT2D eigenvalue weighted by atomic mass is 10.2. The Hall–Kier alpha value is -1.64. The lowest BCUT2D eigenvalue weighted by Gasteiger charge is -2.01. The Labute approximate surface area is 103 Å². The Morgan fingerprint density at radius 1 is 1.41 bits per heavy atom. The van der Waals surface area contributed by atoms with Crippen LogP contribution < -0.4 is 0 Å². The zero-order valence-electron chi connectivity index (χ0n) is 10.6. The van der Waals surface area contributed by atoms with Crippen LogP contribution in [0.5, 0.6) is 0 Å². The highest BCUT2D eigenvalue weighted by Crippen LogP contribution is 2.22. The van der Waals surface area contributed by atoms with Gasteiger partial charge >= 0.3 is 5.97 Å². The molecule has 0 aliphatic carbocycles. The van der Waals surface area contributed by atoms with Crippen molar-refractivity contribution in [3.8, 4) is 0 Å². The van der Waals surface area contributed by atoms with Gasteiger partial charge in [0.05, 0.1) is 18.2 Å². The molecule has 0 radical (unpaired) electrons. The van der Waals surface area contributed by atoms with E-state index < -0.39 is 0 Å². The molecule has 0 aromatic heterocycles. The first kappa shape index (κ1) is 13.4. The van der Waals surface area contributed by atoms with Gasteiger partial charge in [-0.3, -0.25) is 9.79 Å². The zero-order chi connectivity index (χ0) is 12.7. The second-order valence-corrected chi connectivity index (χ2v) is 4.05. The van der Waals surface area contributed by atoms with Crippen LogP contribution in [0.1, 0.15) is 26.3 Å². The highest BCUT2D eigenvalue weighted by molar-refractivity contribution is 5.75. The van der Waals surface area contributed by atoms with Crippen molar-refractivity contribution in [2.45, 2.75) is 27.2 Å². The van der Waals surface area contributed by atoms with Crippen LogP contribution in [0.25, 0.3) is 0 Å². The minimum Gasteiger partial charge on any atom is -0.466 e. The van der Waals surface area contributed by atoms with E-state index in [1.807, 2.05) is 38.3 Å². The van der Waals surface area contributed by atoms with Crippen LogP contribution in [0.3, 0.4) is 0 Å². The molecule has 0 amide bonds. The van der Waals surface area contributed by atoms with Crippen LogP contribution in [0.15, 0.2) is 29.3 Å².